The number of benzene rings is 1. The number of unbranched alkanes of at least 4 members (excludes halogenated alkanes) is 2. The summed E-state index contributed by atoms with van der Waals surface area (Å²) in [6, 6.07) is 3.89. The van der Waals surface area contributed by atoms with Crippen LogP contribution in [-0.2, 0) is 10.1 Å². The van der Waals surface area contributed by atoms with E-state index in [1.807, 2.05) is 6.92 Å². The minimum Gasteiger partial charge on any atom is -0.744 e. The molecule has 1 aromatic rings. The largest absolute Gasteiger partial charge is 1.00 e. The first-order chi connectivity index (χ1) is 8.43. The first-order valence-electron chi connectivity index (χ1n) is 5.53. The van der Waals surface area contributed by atoms with Crippen molar-refractivity contribution in [3.63, 3.8) is 0 Å². The van der Waals surface area contributed by atoms with Gasteiger partial charge in [0.25, 0.3) is 6.01 Å². The molecule has 0 aliphatic rings. The summed E-state index contributed by atoms with van der Waals surface area (Å²) in [5.74, 6) is 0.146. The Balaban J connectivity index is 0.00000324. The van der Waals surface area contributed by atoms with Crippen LogP contribution < -0.4 is 34.3 Å². The fourth-order valence-corrected chi connectivity index (χ4v) is 1.72. The molecule has 0 amide bonds. The molecule has 0 aliphatic heterocycles. The SMILES string of the molecule is CCCC/C=C(\F)Oc1ccc(S(=O)(=O)[O-])cc1.[Na+]. The summed E-state index contributed by atoms with van der Waals surface area (Å²) in [6.07, 6.45) is 3.72. The van der Waals surface area contributed by atoms with Gasteiger partial charge in [-0.05, 0) is 43.2 Å². The van der Waals surface area contributed by atoms with E-state index in [-0.39, 0.29) is 40.2 Å². The first-order valence-corrected chi connectivity index (χ1v) is 6.94. The van der Waals surface area contributed by atoms with Crippen molar-refractivity contribution < 1.29 is 51.7 Å². The van der Waals surface area contributed by atoms with Crippen LogP contribution >= 0.6 is 0 Å². The molecule has 0 unspecified atom stereocenters. The Hall–Kier alpha value is -0.400. The van der Waals surface area contributed by atoms with Crippen LogP contribution in [-0.4, -0.2) is 13.0 Å². The predicted octanol–water partition coefficient (Wildman–Crippen LogP) is -0.0254. The van der Waals surface area contributed by atoms with Crippen molar-refractivity contribution in [2.45, 2.75) is 31.1 Å². The van der Waals surface area contributed by atoms with Crippen LogP contribution in [0.4, 0.5) is 4.39 Å². The van der Waals surface area contributed by atoms with Crippen molar-refractivity contribution in [3.05, 3.63) is 36.4 Å². The molecule has 0 bridgehead atoms. The van der Waals surface area contributed by atoms with E-state index < -0.39 is 16.1 Å². The van der Waals surface area contributed by atoms with Gasteiger partial charge in [-0.15, -0.1) is 0 Å². The van der Waals surface area contributed by atoms with E-state index in [9.17, 15) is 17.4 Å². The van der Waals surface area contributed by atoms with Crippen LogP contribution in [0.1, 0.15) is 26.2 Å². The molecule has 0 aliphatic carbocycles. The van der Waals surface area contributed by atoms with Gasteiger partial charge in [0, 0.05) is 0 Å². The molecule has 1 aromatic carbocycles. The van der Waals surface area contributed by atoms with Gasteiger partial charge in [0.05, 0.1) is 4.90 Å². The van der Waals surface area contributed by atoms with Crippen molar-refractivity contribution in [1.29, 1.82) is 0 Å². The van der Waals surface area contributed by atoms with E-state index in [4.69, 9.17) is 4.74 Å². The molecule has 100 valence electrons. The zero-order valence-corrected chi connectivity index (χ0v) is 13.7. The molecule has 0 N–H and O–H groups in total. The summed E-state index contributed by atoms with van der Waals surface area (Å²) >= 11 is 0. The van der Waals surface area contributed by atoms with Crippen LogP contribution in [0.2, 0.25) is 0 Å². The van der Waals surface area contributed by atoms with Crippen molar-refractivity contribution >= 4 is 10.1 Å². The zero-order valence-electron chi connectivity index (χ0n) is 10.9. The smallest absolute Gasteiger partial charge is 0.744 e. The van der Waals surface area contributed by atoms with Gasteiger partial charge in [0.1, 0.15) is 15.9 Å². The average molecular weight is 296 g/mol. The predicted molar refractivity (Wildman–Crippen MR) is 63.7 cm³/mol. The van der Waals surface area contributed by atoms with E-state index in [0.29, 0.717) is 6.42 Å². The van der Waals surface area contributed by atoms with Crippen molar-refractivity contribution in [2.75, 3.05) is 0 Å². The molecule has 0 fully saturated rings. The van der Waals surface area contributed by atoms with E-state index in [2.05, 4.69) is 0 Å². The molecular weight excluding hydrogens is 282 g/mol. The molecule has 1 rings (SSSR count). The Morgan fingerprint density at radius 3 is 2.42 bits per heavy atom. The zero-order chi connectivity index (χ0) is 13.6. The van der Waals surface area contributed by atoms with Crippen molar-refractivity contribution in [2.24, 2.45) is 0 Å². The average Bonchev–Trinajstić information content (AvgIpc) is 2.29. The van der Waals surface area contributed by atoms with Crippen LogP contribution in [0.15, 0.2) is 41.2 Å². The second kappa shape index (κ2) is 8.71. The fourth-order valence-electron chi connectivity index (χ4n) is 1.25. The number of hydrogen-bond acceptors (Lipinski definition) is 4. The van der Waals surface area contributed by atoms with E-state index in [0.717, 1.165) is 25.0 Å². The third kappa shape index (κ3) is 7.08. The van der Waals surface area contributed by atoms with E-state index in [1.165, 1.54) is 18.2 Å². The van der Waals surface area contributed by atoms with Gasteiger partial charge in [-0.2, -0.15) is 4.39 Å². The number of hydrogen-bond donors (Lipinski definition) is 0. The Bertz CT molecular complexity index is 511. The molecule has 0 aromatic heterocycles. The number of allylic oxidation sites excluding steroid dienone is 1. The number of rotatable bonds is 6. The summed E-state index contributed by atoms with van der Waals surface area (Å²) < 4.78 is 50.0. The van der Waals surface area contributed by atoms with Crippen molar-refractivity contribution in [3.8, 4) is 5.75 Å². The van der Waals surface area contributed by atoms with Gasteiger partial charge in [-0.3, -0.25) is 0 Å². The van der Waals surface area contributed by atoms with Gasteiger partial charge in [-0.25, -0.2) is 8.42 Å². The summed E-state index contributed by atoms with van der Waals surface area (Å²) in [4.78, 5) is -0.370. The van der Waals surface area contributed by atoms with Crippen LogP contribution in [0.5, 0.6) is 5.75 Å². The molecule has 0 radical (unpaired) electrons. The summed E-state index contributed by atoms with van der Waals surface area (Å²) in [6.45, 7) is 1.99. The van der Waals surface area contributed by atoms with E-state index >= 15 is 0 Å². The Morgan fingerprint density at radius 1 is 1.37 bits per heavy atom. The standard InChI is InChI=1S/C12H15FO4S.Na/c1-2-3-4-5-12(13)17-10-6-8-11(9-7-10)18(14,15)16;/h5-9H,2-4H2,1H3,(H,14,15,16);/q;+1/p-1/b12-5+;. The quantitative estimate of drug-likeness (QED) is 0.320. The van der Waals surface area contributed by atoms with Crippen molar-refractivity contribution in [1.82, 2.24) is 0 Å². The van der Waals surface area contributed by atoms with Gasteiger partial charge in [0.15, 0.2) is 0 Å². The fraction of sp³-hybridized carbons (Fsp3) is 0.333. The minimum absolute atomic E-state index is 0. The maximum absolute atomic E-state index is 13.2. The second-order valence-corrected chi connectivity index (χ2v) is 5.06. The molecule has 7 heteroatoms. The van der Waals surface area contributed by atoms with Crippen LogP contribution in [0, 0.1) is 0 Å². The Morgan fingerprint density at radius 2 is 1.95 bits per heavy atom. The molecule has 0 atom stereocenters. The molecule has 0 heterocycles. The Labute approximate surface area is 134 Å². The van der Waals surface area contributed by atoms with Crippen LogP contribution in [0.3, 0.4) is 0 Å². The molecule has 0 saturated carbocycles. The van der Waals surface area contributed by atoms with Gasteiger partial charge >= 0.3 is 29.6 Å². The number of halogens is 1. The molecule has 0 spiro atoms. The van der Waals surface area contributed by atoms with Crippen LogP contribution in [0.25, 0.3) is 0 Å². The first kappa shape index (κ1) is 18.6. The van der Waals surface area contributed by atoms with Gasteiger partial charge < -0.3 is 9.29 Å². The second-order valence-electron chi connectivity index (χ2n) is 3.68. The molecule has 0 saturated heterocycles. The molecular formula is C12H14FNaO4S. The number of ether oxygens (including phenoxy) is 1. The summed E-state index contributed by atoms with van der Waals surface area (Å²) in [5, 5.41) is 0. The minimum atomic E-state index is -4.48. The van der Waals surface area contributed by atoms with E-state index in [1.54, 1.807) is 0 Å². The summed E-state index contributed by atoms with van der Waals surface area (Å²) in [5.41, 5.74) is 0. The Kier molecular flexibility index (Phi) is 8.52. The third-order valence-corrected chi connectivity index (χ3v) is 3.04. The molecule has 4 nitrogen and oxygen atoms in total. The third-order valence-electron chi connectivity index (χ3n) is 2.19. The maximum Gasteiger partial charge on any atom is 1.00 e. The maximum atomic E-state index is 13.2. The monoisotopic (exact) mass is 296 g/mol. The normalized spacial score (nSPS) is 11.8. The van der Waals surface area contributed by atoms with Gasteiger partial charge in [0.2, 0.25) is 0 Å². The topological polar surface area (TPSA) is 66.4 Å². The molecule has 19 heavy (non-hydrogen) atoms. The summed E-state index contributed by atoms with van der Waals surface area (Å²) in [7, 11) is -4.48. The van der Waals surface area contributed by atoms with Gasteiger partial charge in [-0.1, -0.05) is 13.3 Å².